The van der Waals surface area contributed by atoms with Crippen molar-refractivity contribution >= 4 is 23.3 Å². The number of carbonyl (C=O) groups is 2. The average Bonchev–Trinajstić information content (AvgIpc) is 3.19. The smallest absolute Gasteiger partial charge is 0.274 e. The van der Waals surface area contributed by atoms with Gasteiger partial charge >= 0.3 is 0 Å². The predicted octanol–water partition coefficient (Wildman–Crippen LogP) is 4.16. The van der Waals surface area contributed by atoms with E-state index in [0.717, 1.165) is 41.8 Å². The molecule has 2 heterocycles. The Morgan fingerprint density at radius 2 is 1.97 bits per heavy atom. The Balaban J connectivity index is 1.43. The number of fused-ring (bicyclic) bond motifs is 1. The highest BCUT2D eigenvalue weighted by Crippen LogP contribution is 2.34. The van der Waals surface area contributed by atoms with Gasteiger partial charge in [0.05, 0.1) is 0 Å². The van der Waals surface area contributed by atoms with E-state index in [9.17, 15) is 9.59 Å². The minimum absolute atomic E-state index is 0.00301. The molecule has 7 heteroatoms. The lowest BCUT2D eigenvalue weighted by Gasteiger charge is -2.42. The van der Waals surface area contributed by atoms with Crippen LogP contribution in [0.5, 0.6) is 5.75 Å². The number of rotatable bonds is 4. The van der Waals surface area contributed by atoms with Gasteiger partial charge in [0.15, 0.2) is 12.4 Å². The van der Waals surface area contributed by atoms with Crippen LogP contribution >= 0.6 is 11.6 Å². The number of benzene rings is 1. The molecule has 2 aliphatic rings. The van der Waals surface area contributed by atoms with Gasteiger partial charge in [0.2, 0.25) is 0 Å². The Morgan fingerprint density at radius 3 is 2.72 bits per heavy atom. The van der Waals surface area contributed by atoms with Crippen molar-refractivity contribution in [1.29, 1.82) is 0 Å². The van der Waals surface area contributed by atoms with Crippen LogP contribution < -0.4 is 4.74 Å². The fourth-order valence-corrected chi connectivity index (χ4v) is 4.63. The topological polar surface area (TPSA) is 64.4 Å². The van der Waals surface area contributed by atoms with Gasteiger partial charge in [0.1, 0.15) is 11.5 Å². The van der Waals surface area contributed by atoms with Crippen LogP contribution in [0.1, 0.15) is 53.7 Å². The lowest BCUT2D eigenvalue weighted by Crippen LogP contribution is -2.53. The summed E-state index contributed by atoms with van der Waals surface area (Å²) >= 11 is 6.20. The zero-order valence-corrected chi connectivity index (χ0v) is 17.6. The van der Waals surface area contributed by atoms with Gasteiger partial charge in [-0.3, -0.25) is 9.59 Å². The summed E-state index contributed by atoms with van der Waals surface area (Å²) in [5.41, 5.74) is 2.31. The van der Waals surface area contributed by atoms with E-state index >= 15 is 0 Å². The minimum Gasteiger partial charge on any atom is -0.471 e. The molecule has 6 nitrogen and oxygen atoms in total. The molecule has 1 aromatic heterocycles. The SMILES string of the molecule is Cc1cc(OCn2ccc(C(=O)N3CCC(=O)[C@H]4CCCC[C@H]43)n2)cc(C)c1Cl. The molecule has 1 aromatic carbocycles. The zero-order chi connectivity index (χ0) is 20.5. The number of ether oxygens (including phenoxy) is 1. The van der Waals surface area contributed by atoms with Crippen molar-refractivity contribution in [3.05, 3.63) is 46.2 Å². The largest absolute Gasteiger partial charge is 0.471 e. The first-order valence-corrected chi connectivity index (χ1v) is 10.6. The third-order valence-corrected chi connectivity index (χ3v) is 6.63. The molecule has 1 aliphatic carbocycles. The number of halogens is 1. The molecule has 1 saturated carbocycles. The number of amides is 1. The molecule has 0 bridgehead atoms. The molecule has 2 aromatic rings. The zero-order valence-electron chi connectivity index (χ0n) is 16.9. The lowest BCUT2D eigenvalue weighted by atomic mass is 9.77. The molecule has 4 rings (SSSR count). The molecule has 1 aliphatic heterocycles. The Morgan fingerprint density at radius 1 is 1.24 bits per heavy atom. The molecular weight excluding hydrogens is 390 g/mol. The van der Waals surface area contributed by atoms with Gasteiger partial charge in [-0.25, -0.2) is 4.68 Å². The van der Waals surface area contributed by atoms with E-state index in [1.165, 1.54) is 0 Å². The third-order valence-electron chi connectivity index (χ3n) is 6.04. The number of piperidine rings is 1. The first-order valence-electron chi connectivity index (χ1n) is 10.2. The van der Waals surface area contributed by atoms with Gasteiger partial charge in [-0.1, -0.05) is 24.4 Å². The molecule has 2 atom stereocenters. The Labute approximate surface area is 175 Å². The number of Topliss-reactive ketones (excluding diaryl/α,β-unsaturated/α-hetero) is 1. The van der Waals surface area contributed by atoms with Crippen LogP contribution in [0, 0.1) is 19.8 Å². The number of hydrogen-bond acceptors (Lipinski definition) is 4. The maximum Gasteiger partial charge on any atom is 0.274 e. The van der Waals surface area contributed by atoms with Crippen molar-refractivity contribution in [1.82, 2.24) is 14.7 Å². The van der Waals surface area contributed by atoms with Crippen molar-refractivity contribution < 1.29 is 14.3 Å². The number of carbonyl (C=O) groups excluding carboxylic acids is 2. The Bertz CT molecular complexity index is 916. The lowest BCUT2D eigenvalue weighted by molar-refractivity contribution is -0.129. The highest BCUT2D eigenvalue weighted by Gasteiger charge is 2.41. The maximum atomic E-state index is 13.1. The molecule has 0 spiro atoms. The molecule has 29 heavy (non-hydrogen) atoms. The summed E-state index contributed by atoms with van der Waals surface area (Å²) in [6.07, 6.45) is 6.14. The highest BCUT2D eigenvalue weighted by atomic mass is 35.5. The highest BCUT2D eigenvalue weighted by molar-refractivity contribution is 6.32. The summed E-state index contributed by atoms with van der Waals surface area (Å²) in [7, 11) is 0. The minimum atomic E-state index is -0.0914. The quantitative estimate of drug-likeness (QED) is 0.751. The van der Waals surface area contributed by atoms with Crippen LogP contribution in [0.15, 0.2) is 24.4 Å². The van der Waals surface area contributed by atoms with Crippen molar-refractivity contribution in [2.24, 2.45) is 5.92 Å². The molecule has 1 amide bonds. The Kier molecular flexibility index (Phi) is 5.63. The van der Waals surface area contributed by atoms with E-state index in [1.54, 1.807) is 16.9 Å². The molecule has 0 N–H and O–H groups in total. The summed E-state index contributed by atoms with van der Waals surface area (Å²) in [6.45, 7) is 4.58. The first kappa shape index (κ1) is 20.0. The molecule has 0 unspecified atom stereocenters. The number of ketones is 1. The van der Waals surface area contributed by atoms with Crippen LogP contribution in [0.3, 0.4) is 0 Å². The fourth-order valence-electron chi connectivity index (χ4n) is 4.52. The second-order valence-electron chi connectivity index (χ2n) is 8.06. The summed E-state index contributed by atoms with van der Waals surface area (Å²) in [5.74, 6) is 0.938. The van der Waals surface area contributed by atoms with Crippen molar-refractivity contribution in [3.63, 3.8) is 0 Å². The van der Waals surface area contributed by atoms with Gasteiger partial charge in [-0.2, -0.15) is 5.10 Å². The van der Waals surface area contributed by atoms with E-state index in [4.69, 9.17) is 16.3 Å². The number of likely N-dealkylation sites (tertiary alicyclic amines) is 1. The van der Waals surface area contributed by atoms with Crippen molar-refractivity contribution in [3.8, 4) is 5.75 Å². The summed E-state index contributed by atoms with van der Waals surface area (Å²) in [4.78, 5) is 27.2. The van der Waals surface area contributed by atoms with Gasteiger partial charge in [0.25, 0.3) is 5.91 Å². The third kappa shape index (κ3) is 4.04. The average molecular weight is 416 g/mol. The van der Waals surface area contributed by atoms with Crippen LogP contribution in [-0.4, -0.2) is 39.0 Å². The van der Waals surface area contributed by atoms with Gasteiger partial charge in [-0.15, -0.1) is 0 Å². The summed E-state index contributed by atoms with van der Waals surface area (Å²) in [5, 5.41) is 5.15. The number of aromatic nitrogens is 2. The number of aryl methyl sites for hydroxylation is 2. The van der Waals surface area contributed by atoms with E-state index in [1.807, 2.05) is 30.9 Å². The number of nitrogens with zero attached hydrogens (tertiary/aromatic N) is 3. The monoisotopic (exact) mass is 415 g/mol. The van der Waals surface area contributed by atoms with E-state index < -0.39 is 0 Å². The normalized spacial score (nSPS) is 21.8. The summed E-state index contributed by atoms with van der Waals surface area (Å²) in [6, 6.07) is 5.52. The summed E-state index contributed by atoms with van der Waals surface area (Å²) < 4.78 is 7.43. The van der Waals surface area contributed by atoms with Crippen molar-refractivity contribution in [2.75, 3.05) is 6.54 Å². The van der Waals surface area contributed by atoms with Gasteiger partial charge in [-0.05, 0) is 56.0 Å². The predicted molar refractivity (Wildman–Crippen MR) is 110 cm³/mol. The van der Waals surface area contributed by atoms with E-state index in [0.29, 0.717) is 30.2 Å². The molecule has 154 valence electrons. The van der Waals surface area contributed by atoms with Gasteiger partial charge in [0, 0.05) is 36.1 Å². The fraction of sp³-hybridized carbons (Fsp3) is 0.500. The molecule has 1 saturated heterocycles. The van der Waals surface area contributed by atoms with E-state index in [-0.39, 0.29) is 24.6 Å². The molecule has 2 fully saturated rings. The molecule has 0 radical (unpaired) electrons. The standard InChI is InChI=1S/C22H26ClN3O3/c1-14-11-16(12-15(2)21(14)23)29-13-25-9-7-18(24-25)22(28)26-10-8-20(27)17-5-3-4-6-19(17)26/h7,9,11-12,17,19H,3-6,8,10,13H2,1-2H3/t17-,19+/m0/s1. The second-order valence-corrected chi connectivity index (χ2v) is 8.44. The maximum absolute atomic E-state index is 13.1. The second kappa shape index (κ2) is 8.19. The number of hydrogen-bond donors (Lipinski definition) is 0. The van der Waals surface area contributed by atoms with Crippen LogP contribution in [0.2, 0.25) is 5.02 Å². The van der Waals surface area contributed by atoms with Gasteiger partial charge < -0.3 is 9.64 Å². The van der Waals surface area contributed by atoms with Crippen molar-refractivity contribution in [2.45, 2.75) is 58.7 Å². The van der Waals surface area contributed by atoms with Crippen LogP contribution in [0.4, 0.5) is 0 Å². The first-order chi connectivity index (χ1) is 13.9. The Hall–Kier alpha value is -2.34. The van der Waals surface area contributed by atoms with E-state index in [2.05, 4.69) is 5.10 Å². The van der Waals surface area contributed by atoms with Crippen LogP contribution in [-0.2, 0) is 11.5 Å². The molecular formula is C22H26ClN3O3. The van der Waals surface area contributed by atoms with Crippen LogP contribution in [0.25, 0.3) is 0 Å².